The number of hydrogen-bond donors (Lipinski definition) is 2. The number of nitrogens with one attached hydrogen (secondary N) is 1. The van der Waals surface area contributed by atoms with Crippen LogP contribution >= 0.6 is 15.9 Å². The van der Waals surface area contributed by atoms with E-state index in [9.17, 15) is 14.7 Å². The highest BCUT2D eigenvalue weighted by atomic mass is 79.9. The van der Waals surface area contributed by atoms with Gasteiger partial charge >= 0.3 is 11.8 Å². The smallest absolute Gasteiger partial charge is 0.407 e. The molecule has 2 aliphatic rings. The van der Waals surface area contributed by atoms with E-state index in [0.29, 0.717) is 19.5 Å². The van der Waals surface area contributed by atoms with Gasteiger partial charge in [0, 0.05) is 59.9 Å². The number of para-hydroxylation sites is 2. The van der Waals surface area contributed by atoms with E-state index in [1.54, 1.807) is 0 Å². The molecule has 0 bridgehead atoms. The van der Waals surface area contributed by atoms with E-state index in [1.807, 2.05) is 53.1 Å². The van der Waals surface area contributed by atoms with Gasteiger partial charge in [-0.05, 0) is 50.1 Å². The molecule has 2 aliphatic heterocycles. The third-order valence-corrected chi connectivity index (χ3v) is 8.44. The maximum atomic E-state index is 12.6. The number of nitrogens with zero attached hydrogens (tertiary/aromatic N) is 5. The van der Waals surface area contributed by atoms with Gasteiger partial charge in [0.05, 0.1) is 23.3 Å². The van der Waals surface area contributed by atoms with Crippen molar-refractivity contribution in [1.82, 2.24) is 29.1 Å². The topological polar surface area (TPSA) is 99.4 Å². The number of imidazole rings is 1. The first kappa shape index (κ1) is 24.9. The summed E-state index contributed by atoms with van der Waals surface area (Å²) < 4.78 is 5.04. The van der Waals surface area contributed by atoms with Crippen LogP contribution in [0.3, 0.4) is 0 Å². The lowest BCUT2D eigenvalue weighted by Gasteiger charge is -2.32. The van der Waals surface area contributed by atoms with Crippen LogP contribution in [0.25, 0.3) is 22.3 Å². The summed E-state index contributed by atoms with van der Waals surface area (Å²) >= 11 is 3.49. The van der Waals surface area contributed by atoms with Gasteiger partial charge in [0.2, 0.25) is 0 Å². The van der Waals surface area contributed by atoms with Gasteiger partial charge in [-0.3, -0.25) is 9.25 Å². The van der Waals surface area contributed by atoms with Gasteiger partial charge in [0.1, 0.15) is 0 Å². The summed E-state index contributed by atoms with van der Waals surface area (Å²) in [6, 6.07) is 16.2. The molecule has 0 radical (unpaired) electrons. The van der Waals surface area contributed by atoms with E-state index >= 15 is 0 Å². The Labute approximate surface area is 228 Å². The molecule has 2 aromatic heterocycles. The number of aryl methyl sites for hydroxylation is 1. The molecular weight excluding hydrogens is 548 g/mol. The average molecular weight is 579 g/mol. The van der Waals surface area contributed by atoms with Crippen molar-refractivity contribution in [3.05, 3.63) is 74.7 Å². The van der Waals surface area contributed by atoms with Crippen molar-refractivity contribution < 1.29 is 9.90 Å². The quantitative estimate of drug-likeness (QED) is 0.345. The van der Waals surface area contributed by atoms with Crippen molar-refractivity contribution in [1.29, 1.82) is 0 Å². The number of hydrogen-bond acceptors (Lipinski definition) is 4. The summed E-state index contributed by atoms with van der Waals surface area (Å²) in [7, 11) is 0. The summed E-state index contributed by atoms with van der Waals surface area (Å²) in [5, 5.41) is 14.5. The first-order valence-corrected chi connectivity index (χ1v) is 14.0. The molecule has 2 N–H and O–H groups in total. The van der Waals surface area contributed by atoms with Gasteiger partial charge in [0.15, 0.2) is 0 Å². The van der Waals surface area contributed by atoms with E-state index < -0.39 is 6.09 Å². The van der Waals surface area contributed by atoms with Crippen molar-refractivity contribution in [2.45, 2.75) is 44.8 Å². The number of amides is 1. The monoisotopic (exact) mass is 578 g/mol. The highest BCUT2D eigenvalue weighted by Crippen LogP contribution is 2.31. The summed E-state index contributed by atoms with van der Waals surface area (Å²) in [4.78, 5) is 31.2. The molecule has 0 unspecified atom stereocenters. The lowest BCUT2D eigenvalue weighted by Crippen LogP contribution is -2.38. The summed E-state index contributed by atoms with van der Waals surface area (Å²) in [6.45, 7) is 4.56. The van der Waals surface area contributed by atoms with Gasteiger partial charge in [-0.2, -0.15) is 5.10 Å². The third-order valence-electron chi connectivity index (χ3n) is 7.91. The van der Waals surface area contributed by atoms with Crippen LogP contribution in [0.5, 0.6) is 0 Å². The predicted molar refractivity (Wildman–Crippen MR) is 149 cm³/mol. The van der Waals surface area contributed by atoms with Crippen LogP contribution in [0.1, 0.15) is 36.6 Å². The number of halogens is 1. The number of piperidine rings is 1. The molecule has 0 spiro atoms. The second kappa shape index (κ2) is 10.4. The van der Waals surface area contributed by atoms with Crippen LogP contribution in [0.4, 0.5) is 4.79 Å². The molecular formula is C28H31BrN6O3. The van der Waals surface area contributed by atoms with Crippen molar-refractivity contribution in [3.8, 4) is 11.3 Å². The number of aromatic nitrogens is 4. The molecule has 38 heavy (non-hydrogen) atoms. The second-order valence-electron chi connectivity index (χ2n) is 10.2. The molecule has 1 fully saturated rings. The molecule has 10 heteroatoms. The molecule has 1 saturated heterocycles. The minimum absolute atomic E-state index is 0.0175. The van der Waals surface area contributed by atoms with Gasteiger partial charge in [-0.25, -0.2) is 9.59 Å². The van der Waals surface area contributed by atoms with Gasteiger partial charge in [0.25, 0.3) is 0 Å². The number of carbonyl (C=O) groups is 1. The Kier molecular flexibility index (Phi) is 6.84. The Bertz CT molecular complexity index is 1510. The zero-order valence-corrected chi connectivity index (χ0v) is 22.7. The summed E-state index contributed by atoms with van der Waals surface area (Å²) in [6.07, 6.45) is 2.67. The maximum Gasteiger partial charge on any atom is 0.407 e. The van der Waals surface area contributed by atoms with E-state index in [4.69, 9.17) is 5.10 Å². The summed E-state index contributed by atoms with van der Waals surface area (Å²) in [5.74, 6) is 0. The molecule has 4 aromatic rings. The van der Waals surface area contributed by atoms with Crippen LogP contribution in [-0.4, -0.2) is 66.5 Å². The van der Waals surface area contributed by atoms with E-state index in [1.165, 1.54) is 4.90 Å². The van der Waals surface area contributed by atoms with Crippen LogP contribution in [0, 0.1) is 0 Å². The van der Waals surface area contributed by atoms with Crippen LogP contribution < -0.4 is 5.69 Å². The number of H-pyrrole nitrogens is 1. The van der Waals surface area contributed by atoms with E-state index in [0.717, 1.165) is 83.5 Å². The number of aromatic amines is 1. The van der Waals surface area contributed by atoms with E-state index in [-0.39, 0.29) is 11.7 Å². The lowest BCUT2D eigenvalue weighted by molar-refractivity contribution is 0.139. The Morgan fingerprint density at radius 1 is 1.05 bits per heavy atom. The van der Waals surface area contributed by atoms with Crippen LogP contribution in [-0.2, 0) is 19.5 Å². The highest BCUT2D eigenvalue weighted by Gasteiger charge is 2.28. The SMILES string of the molecule is O=C(O)N1CCc2c(c(-c3ccc(Br)cc3)nn2CCCN2CCC(n3c(=O)[nH]c4ccccc43)CC2)C1. The molecule has 0 atom stereocenters. The van der Waals surface area contributed by atoms with Gasteiger partial charge in [-0.1, -0.05) is 40.2 Å². The van der Waals surface area contributed by atoms with Gasteiger partial charge in [-0.15, -0.1) is 0 Å². The Morgan fingerprint density at radius 2 is 1.82 bits per heavy atom. The lowest BCUT2D eigenvalue weighted by atomic mass is 10.0. The molecule has 0 saturated carbocycles. The largest absolute Gasteiger partial charge is 0.465 e. The number of rotatable bonds is 6. The standard InChI is InChI=1S/C28H31BrN6O3/c29-20-8-6-19(7-9-20)26-22-18-33(28(37)38)17-12-24(22)34(31-26)14-3-13-32-15-10-21(11-16-32)35-25-5-2-1-4-23(25)30-27(35)36/h1-2,4-9,21H,3,10-18H2,(H,30,36)(H,37,38). The molecule has 1 amide bonds. The first-order chi connectivity index (χ1) is 18.5. The minimum Gasteiger partial charge on any atom is -0.465 e. The predicted octanol–water partition coefficient (Wildman–Crippen LogP) is 4.72. The zero-order valence-electron chi connectivity index (χ0n) is 21.1. The fourth-order valence-corrected chi connectivity index (χ4v) is 6.23. The van der Waals surface area contributed by atoms with Crippen molar-refractivity contribution >= 4 is 33.1 Å². The molecule has 0 aliphatic carbocycles. The van der Waals surface area contributed by atoms with Crippen LogP contribution in [0.15, 0.2) is 57.8 Å². The minimum atomic E-state index is -0.886. The average Bonchev–Trinajstić information content (AvgIpc) is 3.46. The number of fused-ring (bicyclic) bond motifs is 2. The zero-order chi connectivity index (χ0) is 26.2. The van der Waals surface area contributed by atoms with Crippen molar-refractivity contribution in [2.24, 2.45) is 0 Å². The number of likely N-dealkylation sites (tertiary alicyclic amines) is 1. The molecule has 4 heterocycles. The van der Waals surface area contributed by atoms with Crippen LogP contribution in [0.2, 0.25) is 0 Å². The first-order valence-electron chi connectivity index (χ1n) is 13.2. The molecule has 9 nitrogen and oxygen atoms in total. The van der Waals surface area contributed by atoms with Crippen molar-refractivity contribution in [3.63, 3.8) is 0 Å². The molecule has 198 valence electrons. The number of benzene rings is 2. The van der Waals surface area contributed by atoms with Gasteiger partial charge < -0.3 is 19.9 Å². The van der Waals surface area contributed by atoms with E-state index in [2.05, 4.69) is 30.5 Å². The third kappa shape index (κ3) is 4.78. The van der Waals surface area contributed by atoms with Crippen molar-refractivity contribution in [2.75, 3.05) is 26.2 Å². The maximum absolute atomic E-state index is 12.6. The normalized spacial score (nSPS) is 16.7. The fourth-order valence-electron chi connectivity index (χ4n) is 5.96. The Hall–Kier alpha value is -3.37. The Morgan fingerprint density at radius 3 is 2.58 bits per heavy atom. The fraction of sp³-hybridized carbons (Fsp3) is 0.393. The number of carboxylic acid groups (broad SMARTS) is 1. The second-order valence-corrected chi connectivity index (χ2v) is 11.1. The molecule has 6 rings (SSSR count). The molecule has 2 aromatic carbocycles. The Balaban J connectivity index is 1.11. The highest BCUT2D eigenvalue weighted by molar-refractivity contribution is 9.10. The summed E-state index contributed by atoms with van der Waals surface area (Å²) in [5.41, 5.74) is 5.92.